The molecule has 2 aromatic heterocycles. The van der Waals surface area contributed by atoms with Crippen LogP contribution in [0.5, 0.6) is 5.75 Å². The lowest BCUT2D eigenvalue weighted by Gasteiger charge is -2.09. The van der Waals surface area contributed by atoms with Crippen molar-refractivity contribution in [3.05, 3.63) is 76.7 Å². The number of halogens is 1. The van der Waals surface area contributed by atoms with Crippen LogP contribution in [-0.4, -0.2) is 28.4 Å². The lowest BCUT2D eigenvalue weighted by molar-refractivity contribution is -0.120. The molecule has 0 fully saturated rings. The Morgan fingerprint density at radius 2 is 1.90 bits per heavy atom. The largest absolute Gasteiger partial charge is 0.492 e. The van der Waals surface area contributed by atoms with Gasteiger partial charge in [0.15, 0.2) is 4.96 Å². The van der Waals surface area contributed by atoms with Gasteiger partial charge >= 0.3 is 0 Å². The molecule has 2 aromatic carbocycles. The Balaban J connectivity index is 1.33. The molecule has 0 aliphatic carbocycles. The molecule has 0 aliphatic rings. The molecule has 0 aliphatic heterocycles. The number of benzene rings is 2. The number of hydrogen-bond acceptors (Lipinski definition) is 4. The summed E-state index contributed by atoms with van der Waals surface area (Å²) >= 11 is 1.48. The van der Waals surface area contributed by atoms with Crippen molar-refractivity contribution >= 4 is 22.2 Å². The summed E-state index contributed by atoms with van der Waals surface area (Å²) in [6.07, 6.45) is 2.13. The van der Waals surface area contributed by atoms with Crippen LogP contribution in [0, 0.1) is 19.7 Å². The molecular weight excluding hydrogens is 401 g/mol. The summed E-state index contributed by atoms with van der Waals surface area (Å²) in [6.45, 7) is 4.90. The number of ether oxygens (including phenoxy) is 1. The number of nitrogens with zero attached hydrogens (tertiary/aromatic N) is 2. The Morgan fingerprint density at radius 1 is 1.17 bits per heavy atom. The molecule has 1 amide bonds. The highest BCUT2D eigenvalue weighted by Gasteiger charge is 2.12. The molecule has 0 saturated heterocycles. The van der Waals surface area contributed by atoms with E-state index in [2.05, 4.69) is 16.4 Å². The maximum atomic E-state index is 13.1. The first kappa shape index (κ1) is 20.1. The fourth-order valence-electron chi connectivity index (χ4n) is 3.32. The van der Waals surface area contributed by atoms with E-state index in [1.54, 1.807) is 12.1 Å². The second-order valence-electron chi connectivity index (χ2n) is 7.21. The minimum absolute atomic E-state index is 0.0734. The number of hydrogen-bond donors (Lipinski definition) is 1. The van der Waals surface area contributed by atoms with Crippen LogP contribution in [0.25, 0.3) is 16.2 Å². The normalized spacial score (nSPS) is 11.0. The molecule has 0 bridgehead atoms. The standard InChI is InChI=1S/C23H22FN3O2S/c1-15-9-16(2)11-20(10-15)29-8-7-25-22(28)12-19-14-30-23-26-21(13-27(19)23)17-3-5-18(24)6-4-17/h3-6,9-11,13-14H,7-8,12H2,1-2H3,(H,25,28). The van der Waals surface area contributed by atoms with Crippen LogP contribution in [0.15, 0.2) is 54.0 Å². The van der Waals surface area contributed by atoms with E-state index in [1.807, 2.05) is 42.0 Å². The highest BCUT2D eigenvalue weighted by molar-refractivity contribution is 7.15. The number of amides is 1. The van der Waals surface area contributed by atoms with Gasteiger partial charge in [0, 0.05) is 22.8 Å². The van der Waals surface area contributed by atoms with Crippen molar-refractivity contribution in [1.82, 2.24) is 14.7 Å². The molecule has 0 atom stereocenters. The van der Waals surface area contributed by atoms with Crippen molar-refractivity contribution in [2.45, 2.75) is 20.3 Å². The summed E-state index contributed by atoms with van der Waals surface area (Å²) < 4.78 is 20.8. The van der Waals surface area contributed by atoms with Gasteiger partial charge in [-0.1, -0.05) is 6.07 Å². The third-order valence-corrected chi connectivity index (χ3v) is 5.54. The van der Waals surface area contributed by atoms with Crippen molar-refractivity contribution in [2.75, 3.05) is 13.2 Å². The number of nitrogens with one attached hydrogen (secondary N) is 1. The summed E-state index contributed by atoms with van der Waals surface area (Å²) in [5.74, 6) is 0.461. The van der Waals surface area contributed by atoms with E-state index in [1.165, 1.54) is 23.5 Å². The third kappa shape index (κ3) is 4.68. The van der Waals surface area contributed by atoms with E-state index in [-0.39, 0.29) is 18.1 Å². The highest BCUT2D eigenvalue weighted by Crippen LogP contribution is 2.24. The molecule has 0 spiro atoms. The van der Waals surface area contributed by atoms with Crippen LogP contribution in [0.4, 0.5) is 4.39 Å². The Hall–Kier alpha value is -3.19. The maximum absolute atomic E-state index is 13.1. The number of carbonyl (C=O) groups is 1. The average molecular weight is 424 g/mol. The first-order valence-electron chi connectivity index (χ1n) is 9.67. The molecular formula is C23H22FN3O2S. The quantitative estimate of drug-likeness (QED) is 0.444. The minimum atomic E-state index is -0.279. The van der Waals surface area contributed by atoms with Crippen LogP contribution in [0.2, 0.25) is 0 Å². The van der Waals surface area contributed by atoms with E-state index < -0.39 is 0 Å². The van der Waals surface area contributed by atoms with E-state index >= 15 is 0 Å². The molecule has 0 saturated carbocycles. The van der Waals surface area contributed by atoms with Crippen molar-refractivity contribution in [1.29, 1.82) is 0 Å². The van der Waals surface area contributed by atoms with Gasteiger partial charge in [-0.2, -0.15) is 0 Å². The molecule has 4 aromatic rings. The summed E-state index contributed by atoms with van der Waals surface area (Å²) in [4.78, 5) is 17.7. The molecule has 1 N–H and O–H groups in total. The SMILES string of the molecule is Cc1cc(C)cc(OCCNC(=O)Cc2csc3nc(-c4ccc(F)cc4)cn23)c1. The summed E-state index contributed by atoms with van der Waals surface area (Å²) in [5, 5.41) is 4.83. The fourth-order valence-corrected chi connectivity index (χ4v) is 4.19. The van der Waals surface area contributed by atoms with Crippen molar-refractivity contribution < 1.29 is 13.9 Å². The van der Waals surface area contributed by atoms with Crippen molar-refractivity contribution in [2.24, 2.45) is 0 Å². The van der Waals surface area contributed by atoms with Gasteiger partial charge in [0.1, 0.15) is 18.2 Å². The van der Waals surface area contributed by atoms with E-state index in [9.17, 15) is 9.18 Å². The Labute approximate surface area is 178 Å². The number of fused-ring (bicyclic) bond motifs is 1. The predicted molar refractivity (Wildman–Crippen MR) is 117 cm³/mol. The number of aromatic nitrogens is 2. The van der Waals surface area contributed by atoms with Gasteiger partial charge in [0.05, 0.1) is 18.7 Å². The van der Waals surface area contributed by atoms with Crippen molar-refractivity contribution in [3.8, 4) is 17.0 Å². The second-order valence-corrected chi connectivity index (χ2v) is 8.05. The van der Waals surface area contributed by atoms with Gasteiger partial charge in [0.25, 0.3) is 0 Å². The summed E-state index contributed by atoms with van der Waals surface area (Å²) in [5.41, 5.74) is 4.76. The zero-order valence-corrected chi connectivity index (χ0v) is 17.6. The van der Waals surface area contributed by atoms with Gasteiger partial charge in [-0.25, -0.2) is 9.37 Å². The first-order valence-corrected chi connectivity index (χ1v) is 10.5. The fraction of sp³-hybridized carbons (Fsp3) is 0.217. The van der Waals surface area contributed by atoms with Gasteiger partial charge in [0.2, 0.25) is 5.91 Å². The van der Waals surface area contributed by atoms with Crippen LogP contribution in [0.1, 0.15) is 16.8 Å². The third-order valence-electron chi connectivity index (χ3n) is 4.65. The summed E-state index contributed by atoms with van der Waals surface area (Å²) in [6, 6.07) is 12.3. The predicted octanol–water partition coefficient (Wildman–Crippen LogP) is 4.56. The molecule has 0 radical (unpaired) electrons. The van der Waals surface area contributed by atoms with Gasteiger partial charge in [-0.3, -0.25) is 9.20 Å². The average Bonchev–Trinajstić information content (AvgIpc) is 3.27. The van der Waals surface area contributed by atoms with Crippen LogP contribution in [0.3, 0.4) is 0 Å². The topological polar surface area (TPSA) is 55.6 Å². The molecule has 2 heterocycles. The monoisotopic (exact) mass is 423 g/mol. The Morgan fingerprint density at radius 3 is 2.63 bits per heavy atom. The Kier molecular flexibility index (Phi) is 5.81. The van der Waals surface area contributed by atoms with Gasteiger partial charge < -0.3 is 10.1 Å². The van der Waals surface area contributed by atoms with E-state index in [0.717, 1.165) is 38.8 Å². The molecule has 0 unspecified atom stereocenters. The van der Waals surface area contributed by atoms with E-state index in [0.29, 0.717) is 13.2 Å². The number of rotatable bonds is 7. The first-order chi connectivity index (χ1) is 14.5. The van der Waals surface area contributed by atoms with E-state index in [4.69, 9.17) is 4.74 Å². The minimum Gasteiger partial charge on any atom is -0.492 e. The number of thiazole rings is 1. The number of aryl methyl sites for hydroxylation is 2. The smallest absolute Gasteiger partial charge is 0.226 e. The lowest BCUT2D eigenvalue weighted by atomic mass is 10.1. The zero-order valence-electron chi connectivity index (χ0n) is 16.8. The van der Waals surface area contributed by atoms with Gasteiger partial charge in [-0.15, -0.1) is 11.3 Å². The molecule has 30 heavy (non-hydrogen) atoms. The zero-order chi connectivity index (χ0) is 21.1. The van der Waals surface area contributed by atoms with Crippen LogP contribution >= 0.6 is 11.3 Å². The van der Waals surface area contributed by atoms with Crippen LogP contribution in [-0.2, 0) is 11.2 Å². The number of imidazole rings is 1. The molecule has 154 valence electrons. The van der Waals surface area contributed by atoms with Gasteiger partial charge in [-0.05, 0) is 61.4 Å². The van der Waals surface area contributed by atoms with Crippen molar-refractivity contribution in [3.63, 3.8) is 0 Å². The Bertz CT molecular complexity index is 1160. The molecule has 5 nitrogen and oxygen atoms in total. The maximum Gasteiger partial charge on any atom is 0.226 e. The molecule has 4 rings (SSSR count). The summed E-state index contributed by atoms with van der Waals surface area (Å²) in [7, 11) is 0. The van der Waals surface area contributed by atoms with Crippen LogP contribution < -0.4 is 10.1 Å². The number of carbonyl (C=O) groups excluding carboxylic acids is 1. The highest BCUT2D eigenvalue weighted by atomic mass is 32.1. The molecule has 7 heteroatoms. The second kappa shape index (κ2) is 8.67. The lowest BCUT2D eigenvalue weighted by Crippen LogP contribution is -2.29.